The Morgan fingerprint density at radius 1 is 1.11 bits per heavy atom. The maximum Gasteiger partial charge on any atom is 0.222 e. The molecule has 1 aliphatic carbocycles. The molecule has 4 nitrogen and oxygen atoms in total. The van der Waals surface area contributed by atoms with Gasteiger partial charge >= 0.3 is 0 Å². The van der Waals surface area contributed by atoms with Crippen molar-refractivity contribution in [1.29, 1.82) is 0 Å². The van der Waals surface area contributed by atoms with Crippen LogP contribution in [0.1, 0.15) is 50.3 Å². The number of aryl methyl sites for hydroxylation is 2. The predicted octanol–water partition coefficient (Wildman–Crippen LogP) is 4.41. The van der Waals surface area contributed by atoms with E-state index in [0.29, 0.717) is 6.42 Å². The Hall–Kier alpha value is -2.36. The molecule has 2 aliphatic rings. The molecule has 1 aromatic carbocycles. The number of carbonyl (C=O) groups excluding carboxylic acids is 1. The zero-order chi connectivity index (χ0) is 18.6. The number of likely N-dealkylation sites (tertiary alicyclic amines) is 1. The van der Waals surface area contributed by atoms with Crippen LogP contribution in [0.3, 0.4) is 0 Å². The summed E-state index contributed by atoms with van der Waals surface area (Å²) in [6, 6.07) is 10.7. The van der Waals surface area contributed by atoms with Crippen LogP contribution in [0.25, 0.3) is 11.1 Å². The minimum Gasteiger partial charge on any atom is -0.490 e. The molecule has 27 heavy (non-hydrogen) atoms. The van der Waals surface area contributed by atoms with Gasteiger partial charge in [0.1, 0.15) is 11.9 Å². The summed E-state index contributed by atoms with van der Waals surface area (Å²) >= 11 is 0. The quantitative estimate of drug-likeness (QED) is 0.807. The third kappa shape index (κ3) is 4.15. The van der Waals surface area contributed by atoms with E-state index in [1.54, 1.807) is 0 Å². The largest absolute Gasteiger partial charge is 0.490 e. The van der Waals surface area contributed by atoms with E-state index in [1.807, 2.05) is 18.0 Å². The summed E-state index contributed by atoms with van der Waals surface area (Å²) < 4.78 is 6.14. The fourth-order valence-electron chi connectivity index (χ4n) is 4.11. The van der Waals surface area contributed by atoms with Crippen LogP contribution < -0.4 is 4.74 Å². The molecule has 2 heterocycles. The molecule has 0 unspecified atom stereocenters. The van der Waals surface area contributed by atoms with Crippen LogP contribution in [0.5, 0.6) is 5.75 Å². The third-order valence-corrected chi connectivity index (χ3v) is 5.76. The molecule has 0 bridgehead atoms. The van der Waals surface area contributed by atoms with Gasteiger partial charge in [0.15, 0.2) is 0 Å². The SMILES string of the molecule is CCC(=O)N1CCC(Oc2ccc(-c3cnc4c(c3)CCCC4)cc2)CC1. The van der Waals surface area contributed by atoms with Crippen molar-refractivity contribution in [1.82, 2.24) is 9.88 Å². The highest BCUT2D eigenvalue weighted by Crippen LogP contribution is 2.28. The summed E-state index contributed by atoms with van der Waals surface area (Å²) in [5, 5.41) is 0. The maximum absolute atomic E-state index is 11.8. The topological polar surface area (TPSA) is 42.4 Å². The second kappa shape index (κ2) is 8.12. The van der Waals surface area contributed by atoms with Crippen LogP contribution in [0.2, 0.25) is 0 Å². The summed E-state index contributed by atoms with van der Waals surface area (Å²) in [6.45, 7) is 3.52. The number of piperidine rings is 1. The summed E-state index contributed by atoms with van der Waals surface area (Å²) in [5.74, 6) is 1.15. The normalized spacial score (nSPS) is 17.4. The summed E-state index contributed by atoms with van der Waals surface area (Å²) in [5.41, 5.74) is 5.06. The van der Waals surface area contributed by atoms with Gasteiger partial charge in [0.05, 0.1) is 0 Å². The molecule has 1 amide bonds. The molecular formula is C23H28N2O2. The average Bonchev–Trinajstić information content (AvgIpc) is 2.74. The highest BCUT2D eigenvalue weighted by atomic mass is 16.5. The van der Waals surface area contributed by atoms with Crippen molar-refractivity contribution in [3.05, 3.63) is 47.8 Å². The number of hydrogen-bond donors (Lipinski definition) is 0. The first kappa shape index (κ1) is 18.0. The van der Waals surface area contributed by atoms with Crippen LogP contribution in [0.4, 0.5) is 0 Å². The number of carbonyl (C=O) groups is 1. The van der Waals surface area contributed by atoms with Crippen LogP contribution in [0, 0.1) is 0 Å². The average molecular weight is 364 g/mol. The zero-order valence-corrected chi connectivity index (χ0v) is 16.1. The van der Waals surface area contributed by atoms with Gasteiger partial charge in [0, 0.05) is 49.8 Å². The molecule has 1 aliphatic heterocycles. The van der Waals surface area contributed by atoms with Crippen LogP contribution in [0.15, 0.2) is 36.5 Å². The van der Waals surface area contributed by atoms with Gasteiger partial charge in [0.25, 0.3) is 0 Å². The summed E-state index contributed by atoms with van der Waals surface area (Å²) in [6.07, 6.45) is 9.39. The number of rotatable bonds is 4. The first-order valence-electron chi connectivity index (χ1n) is 10.3. The summed E-state index contributed by atoms with van der Waals surface area (Å²) in [7, 11) is 0. The lowest BCUT2D eigenvalue weighted by Gasteiger charge is -2.32. The van der Waals surface area contributed by atoms with Gasteiger partial charge in [0.2, 0.25) is 5.91 Å². The Morgan fingerprint density at radius 2 is 1.85 bits per heavy atom. The number of amides is 1. The molecule has 4 rings (SSSR count). The third-order valence-electron chi connectivity index (χ3n) is 5.76. The molecule has 2 aromatic rings. The smallest absolute Gasteiger partial charge is 0.222 e. The highest BCUT2D eigenvalue weighted by molar-refractivity contribution is 5.75. The monoisotopic (exact) mass is 364 g/mol. The van der Waals surface area contributed by atoms with Gasteiger partial charge in [-0.15, -0.1) is 0 Å². The number of fused-ring (bicyclic) bond motifs is 1. The van der Waals surface area contributed by atoms with E-state index in [2.05, 4.69) is 35.3 Å². The molecule has 0 saturated carbocycles. The van der Waals surface area contributed by atoms with E-state index >= 15 is 0 Å². The maximum atomic E-state index is 11.8. The van der Waals surface area contributed by atoms with E-state index in [-0.39, 0.29) is 12.0 Å². The molecule has 0 atom stereocenters. The molecule has 1 saturated heterocycles. The highest BCUT2D eigenvalue weighted by Gasteiger charge is 2.23. The van der Waals surface area contributed by atoms with Crippen molar-refractivity contribution in [2.24, 2.45) is 0 Å². The number of benzene rings is 1. The Morgan fingerprint density at radius 3 is 2.59 bits per heavy atom. The lowest BCUT2D eigenvalue weighted by atomic mass is 9.94. The molecule has 1 aromatic heterocycles. The first-order chi connectivity index (χ1) is 13.2. The molecular weight excluding hydrogens is 336 g/mol. The van der Waals surface area contributed by atoms with E-state index in [4.69, 9.17) is 4.74 Å². The molecule has 0 N–H and O–H groups in total. The Balaban J connectivity index is 1.38. The van der Waals surface area contributed by atoms with Crippen molar-refractivity contribution < 1.29 is 9.53 Å². The van der Waals surface area contributed by atoms with Gasteiger partial charge in [-0.2, -0.15) is 0 Å². The predicted molar refractivity (Wildman–Crippen MR) is 107 cm³/mol. The number of aromatic nitrogens is 1. The molecule has 4 heteroatoms. The van der Waals surface area contributed by atoms with E-state index < -0.39 is 0 Å². The molecule has 0 spiro atoms. The fourth-order valence-corrected chi connectivity index (χ4v) is 4.11. The van der Waals surface area contributed by atoms with Crippen molar-refractivity contribution in [3.8, 4) is 16.9 Å². The second-order valence-corrected chi connectivity index (χ2v) is 7.61. The van der Waals surface area contributed by atoms with Crippen LogP contribution in [-0.4, -0.2) is 35.0 Å². The number of ether oxygens (including phenoxy) is 1. The minimum atomic E-state index is 0.196. The zero-order valence-electron chi connectivity index (χ0n) is 16.1. The second-order valence-electron chi connectivity index (χ2n) is 7.61. The lowest BCUT2D eigenvalue weighted by Crippen LogP contribution is -2.41. The van der Waals surface area contributed by atoms with Gasteiger partial charge in [-0.25, -0.2) is 0 Å². The van der Waals surface area contributed by atoms with Crippen molar-refractivity contribution in [2.75, 3.05) is 13.1 Å². The number of nitrogens with zero attached hydrogens (tertiary/aromatic N) is 2. The van der Waals surface area contributed by atoms with Gasteiger partial charge in [-0.1, -0.05) is 19.1 Å². The standard InChI is InChI=1S/C23H28N2O2/c1-2-23(26)25-13-11-21(12-14-25)27-20-9-7-17(8-10-20)19-15-18-5-3-4-6-22(18)24-16-19/h7-10,15-16,21H,2-6,11-14H2,1H3. The van der Waals surface area contributed by atoms with Crippen LogP contribution in [-0.2, 0) is 17.6 Å². The molecule has 142 valence electrons. The van der Waals surface area contributed by atoms with Gasteiger partial charge in [-0.05, 0) is 55.0 Å². The van der Waals surface area contributed by atoms with Crippen molar-refractivity contribution in [3.63, 3.8) is 0 Å². The van der Waals surface area contributed by atoms with E-state index in [1.165, 1.54) is 35.2 Å². The van der Waals surface area contributed by atoms with Gasteiger partial charge < -0.3 is 9.64 Å². The van der Waals surface area contributed by atoms with Crippen molar-refractivity contribution >= 4 is 5.91 Å². The van der Waals surface area contributed by atoms with E-state index in [0.717, 1.165) is 44.5 Å². The number of hydrogen-bond acceptors (Lipinski definition) is 3. The Bertz CT molecular complexity index is 793. The van der Waals surface area contributed by atoms with Crippen LogP contribution >= 0.6 is 0 Å². The first-order valence-corrected chi connectivity index (χ1v) is 10.3. The fraction of sp³-hybridized carbons (Fsp3) is 0.478. The Labute approximate surface area is 161 Å². The summed E-state index contributed by atoms with van der Waals surface area (Å²) in [4.78, 5) is 18.4. The van der Waals surface area contributed by atoms with Gasteiger partial charge in [-0.3, -0.25) is 9.78 Å². The number of pyridine rings is 1. The van der Waals surface area contributed by atoms with E-state index in [9.17, 15) is 4.79 Å². The molecule has 0 radical (unpaired) electrons. The molecule has 1 fully saturated rings. The minimum absolute atomic E-state index is 0.196. The van der Waals surface area contributed by atoms with Crippen molar-refractivity contribution in [2.45, 2.75) is 58.0 Å². The lowest BCUT2D eigenvalue weighted by molar-refractivity contribution is -0.132. The Kier molecular flexibility index (Phi) is 5.42.